The van der Waals surface area contributed by atoms with Crippen LogP contribution in [0.2, 0.25) is 0 Å². The van der Waals surface area contributed by atoms with Crippen LogP contribution in [0.25, 0.3) is 22.3 Å². The van der Waals surface area contributed by atoms with E-state index in [0.717, 1.165) is 52.9 Å². The molecule has 1 aliphatic rings. The molecule has 2 aromatic carbocycles. The highest BCUT2D eigenvalue weighted by Gasteiger charge is 2.12. The molecule has 1 aliphatic heterocycles. The second-order valence-corrected chi connectivity index (χ2v) is 6.50. The zero-order valence-electron chi connectivity index (χ0n) is 12.7. The Morgan fingerprint density at radius 3 is 2.74 bits per heavy atom. The molecule has 1 aromatic heterocycles. The predicted molar refractivity (Wildman–Crippen MR) is 97.8 cm³/mol. The molecule has 1 N–H and O–H groups in total. The molecular formula is C18H17BrN4. The van der Waals surface area contributed by atoms with Crippen molar-refractivity contribution < 1.29 is 0 Å². The minimum Gasteiger partial charge on any atom is -0.369 e. The number of rotatable bonds is 2. The van der Waals surface area contributed by atoms with Crippen molar-refractivity contribution in [1.82, 2.24) is 15.3 Å². The standard InChI is InChI=1S/C18H17BrN4/c19-15-5-2-6-16-18(15)22-17(12-21-16)13-3-1-4-14(11-13)23-9-7-20-8-10-23/h1-6,11-12,20H,7-10H2. The van der Waals surface area contributed by atoms with Crippen molar-refractivity contribution in [3.05, 3.63) is 53.1 Å². The molecule has 0 atom stereocenters. The summed E-state index contributed by atoms with van der Waals surface area (Å²) in [6.07, 6.45) is 1.85. The highest BCUT2D eigenvalue weighted by molar-refractivity contribution is 9.10. The summed E-state index contributed by atoms with van der Waals surface area (Å²) < 4.78 is 0.975. The number of anilines is 1. The van der Waals surface area contributed by atoms with Gasteiger partial charge in [0.1, 0.15) is 5.52 Å². The Bertz CT molecular complexity index is 843. The fourth-order valence-corrected chi connectivity index (χ4v) is 3.37. The van der Waals surface area contributed by atoms with E-state index in [2.05, 4.69) is 55.4 Å². The van der Waals surface area contributed by atoms with Crippen LogP contribution in [0, 0.1) is 0 Å². The van der Waals surface area contributed by atoms with Crippen LogP contribution < -0.4 is 10.2 Å². The van der Waals surface area contributed by atoms with Gasteiger partial charge in [-0.25, -0.2) is 4.98 Å². The first-order chi connectivity index (χ1) is 11.3. The minimum absolute atomic E-state index is 0.901. The number of hydrogen-bond acceptors (Lipinski definition) is 4. The second kappa shape index (κ2) is 6.26. The summed E-state index contributed by atoms with van der Waals surface area (Å²) in [7, 11) is 0. The third-order valence-electron chi connectivity index (χ3n) is 4.15. The van der Waals surface area contributed by atoms with Crippen LogP contribution in [-0.2, 0) is 0 Å². The van der Waals surface area contributed by atoms with Crippen molar-refractivity contribution in [2.75, 3.05) is 31.1 Å². The van der Waals surface area contributed by atoms with Gasteiger partial charge in [-0.15, -0.1) is 0 Å². The molecule has 5 heteroatoms. The predicted octanol–water partition coefficient (Wildman–Crippen LogP) is 3.47. The molecule has 1 fully saturated rings. The number of halogens is 1. The summed E-state index contributed by atoms with van der Waals surface area (Å²) in [5.74, 6) is 0. The number of nitrogens with zero attached hydrogens (tertiary/aromatic N) is 3. The van der Waals surface area contributed by atoms with Gasteiger partial charge < -0.3 is 10.2 Å². The number of para-hydroxylation sites is 1. The summed E-state index contributed by atoms with van der Waals surface area (Å²) in [6.45, 7) is 4.15. The maximum atomic E-state index is 4.79. The molecule has 0 amide bonds. The Labute approximate surface area is 143 Å². The van der Waals surface area contributed by atoms with Crippen molar-refractivity contribution in [3.8, 4) is 11.3 Å². The molecule has 116 valence electrons. The molecule has 3 aromatic rings. The van der Waals surface area contributed by atoms with Crippen molar-refractivity contribution in [2.24, 2.45) is 0 Å². The van der Waals surface area contributed by atoms with E-state index in [9.17, 15) is 0 Å². The van der Waals surface area contributed by atoms with E-state index in [1.807, 2.05) is 24.4 Å². The van der Waals surface area contributed by atoms with E-state index in [4.69, 9.17) is 4.98 Å². The maximum Gasteiger partial charge on any atom is 0.104 e. The SMILES string of the molecule is Brc1cccc2ncc(-c3cccc(N4CCNCC4)c3)nc12. The molecule has 0 radical (unpaired) electrons. The largest absolute Gasteiger partial charge is 0.369 e. The Hall–Kier alpha value is -1.98. The molecule has 4 rings (SSSR count). The highest BCUT2D eigenvalue weighted by atomic mass is 79.9. The van der Waals surface area contributed by atoms with Crippen LogP contribution in [0.1, 0.15) is 0 Å². The van der Waals surface area contributed by atoms with Crippen LogP contribution in [0.15, 0.2) is 53.1 Å². The van der Waals surface area contributed by atoms with Crippen LogP contribution >= 0.6 is 15.9 Å². The summed E-state index contributed by atoms with van der Waals surface area (Å²) >= 11 is 3.56. The third-order valence-corrected chi connectivity index (χ3v) is 4.79. The van der Waals surface area contributed by atoms with Crippen LogP contribution in [0.4, 0.5) is 5.69 Å². The van der Waals surface area contributed by atoms with Gasteiger partial charge in [0.25, 0.3) is 0 Å². The van der Waals surface area contributed by atoms with Gasteiger partial charge in [0.2, 0.25) is 0 Å². The Balaban J connectivity index is 1.74. The molecule has 0 aliphatic carbocycles. The van der Waals surface area contributed by atoms with E-state index in [0.29, 0.717) is 0 Å². The number of hydrogen-bond donors (Lipinski definition) is 1. The van der Waals surface area contributed by atoms with Crippen LogP contribution in [-0.4, -0.2) is 36.1 Å². The lowest BCUT2D eigenvalue weighted by Gasteiger charge is -2.29. The van der Waals surface area contributed by atoms with Crippen molar-refractivity contribution in [3.63, 3.8) is 0 Å². The third kappa shape index (κ3) is 2.94. The molecule has 4 nitrogen and oxygen atoms in total. The van der Waals surface area contributed by atoms with E-state index in [1.165, 1.54) is 5.69 Å². The van der Waals surface area contributed by atoms with E-state index >= 15 is 0 Å². The van der Waals surface area contributed by atoms with Gasteiger partial charge in [0, 0.05) is 41.9 Å². The minimum atomic E-state index is 0.901. The van der Waals surface area contributed by atoms with Gasteiger partial charge in [-0.2, -0.15) is 0 Å². The molecule has 0 unspecified atom stereocenters. The fourth-order valence-electron chi connectivity index (χ4n) is 2.92. The zero-order chi connectivity index (χ0) is 15.6. The van der Waals surface area contributed by atoms with Crippen molar-refractivity contribution >= 4 is 32.7 Å². The van der Waals surface area contributed by atoms with Gasteiger partial charge in [-0.05, 0) is 40.2 Å². The quantitative estimate of drug-likeness (QED) is 0.751. The smallest absolute Gasteiger partial charge is 0.104 e. The van der Waals surface area contributed by atoms with Crippen LogP contribution in [0.3, 0.4) is 0 Å². The first-order valence-electron chi connectivity index (χ1n) is 7.79. The number of aromatic nitrogens is 2. The monoisotopic (exact) mass is 368 g/mol. The average Bonchev–Trinajstić information content (AvgIpc) is 2.63. The summed E-state index contributed by atoms with van der Waals surface area (Å²) in [4.78, 5) is 11.7. The molecule has 0 saturated carbocycles. The average molecular weight is 369 g/mol. The topological polar surface area (TPSA) is 41.1 Å². The van der Waals surface area contributed by atoms with Gasteiger partial charge in [0.15, 0.2) is 0 Å². The molecule has 23 heavy (non-hydrogen) atoms. The Kier molecular flexibility index (Phi) is 3.97. The number of piperazine rings is 1. The zero-order valence-corrected chi connectivity index (χ0v) is 14.3. The maximum absolute atomic E-state index is 4.79. The fraction of sp³-hybridized carbons (Fsp3) is 0.222. The summed E-state index contributed by atoms with van der Waals surface area (Å²) in [6, 6.07) is 14.5. The highest BCUT2D eigenvalue weighted by Crippen LogP contribution is 2.27. The molecule has 0 spiro atoms. The molecule has 2 heterocycles. The van der Waals surface area contributed by atoms with Gasteiger partial charge in [-0.3, -0.25) is 4.98 Å². The lowest BCUT2D eigenvalue weighted by atomic mass is 10.1. The van der Waals surface area contributed by atoms with E-state index in [-0.39, 0.29) is 0 Å². The van der Waals surface area contributed by atoms with E-state index in [1.54, 1.807) is 0 Å². The normalized spacial score (nSPS) is 15.1. The van der Waals surface area contributed by atoms with Crippen molar-refractivity contribution in [1.29, 1.82) is 0 Å². The molecule has 1 saturated heterocycles. The molecule has 0 bridgehead atoms. The van der Waals surface area contributed by atoms with Gasteiger partial charge >= 0.3 is 0 Å². The first-order valence-corrected chi connectivity index (χ1v) is 8.58. The number of benzene rings is 2. The summed E-state index contributed by atoms with van der Waals surface area (Å²) in [5, 5.41) is 3.39. The first kappa shape index (κ1) is 14.6. The Morgan fingerprint density at radius 1 is 1.04 bits per heavy atom. The van der Waals surface area contributed by atoms with Crippen molar-refractivity contribution in [2.45, 2.75) is 0 Å². The number of nitrogens with one attached hydrogen (secondary N) is 1. The number of fused-ring (bicyclic) bond motifs is 1. The lowest BCUT2D eigenvalue weighted by Crippen LogP contribution is -2.43. The van der Waals surface area contributed by atoms with Gasteiger partial charge in [0.05, 0.1) is 17.4 Å². The Morgan fingerprint density at radius 2 is 1.87 bits per heavy atom. The van der Waals surface area contributed by atoms with E-state index < -0.39 is 0 Å². The summed E-state index contributed by atoms with van der Waals surface area (Å²) in [5.41, 5.74) is 5.06. The molecular weight excluding hydrogens is 352 g/mol. The second-order valence-electron chi connectivity index (χ2n) is 5.65. The lowest BCUT2D eigenvalue weighted by molar-refractivity contribution is 0.589. The van der Waals surface area contributed by atoms with Crippen LogP contribution in [0.5, 0.6) is 0 Å². The van der Waals surface area contributed by atoms with Gasteiger partial charge in [-0.1, -0.05) is 18.2 Å².